The van der Waals surface area contributed by atoms with Crippen LogP contribution in [0.1, 0.15) is 74.6 Å². The van der Waals surface area contributed by atoms with Crippen molar-refractivity contribution in [2.24, 2.45) is 5.92 Å². The molecule has 142 valence electrons. The molecular weight excluding hydrogens is 330 g/mol. The highest BCUT2D eigenvalue weighted by Gasteiger charge is 2.65. The smallest absolute Gasteiger partial charge is 0.146 e. The number of quaternary nitrogens is 1. The van der Waals surface area contributed by atoms with Crippen LogP contribution in [0.3, 0.4) is 0 Å². The van der Waals surface area contributed by atoms with E-state index in [1.807, 2.05) is 0 Å². The lowest BCUT2D eigenvalue weighted by Crippen LogP contribution is -2.99. The van der Waals surface area contributed by atoms with Crippen LogP contribution in [0.2, 0.25) is 0 Å². The first kappa shape index (κ1) is 17.5. The molecular formula is C25H32NO+. The zero-order valence-corrected chi connectivity index (χ0v) is 16.7. The molecule has 5 rings (SSSR count). The summed E-state index contributed by atoms with van der Waals surface area (Å²) in [5.41, 5.74) is 6.74. The number of aliphatic hydroxyl groups excluding tert-OH is 1. The van der Waals surface area contributed by atoms with Crippen LogP contribution >= 0.6 is 0 Å². The van der Waals surface area contributed by atoms with Gasteiger partial charge in [-0.1, -0.05) is 55.5 Å². The molecule has 0 aromatic heterocycles. The second-order valence-corrected chi connectivity index (χ2v) is 9.39. The van der Waals surface area contributed by atoms with Gasteiger partial charge < -0.3 is 10.4 Å². The van der Waals surface area contributed by atoms with E-state index in [9.17, 15) is 5.11 Å². The second kappa shape index (κ2) is 5.93. The summed E-state index contributed by atoms with van der Waals surface area (Å²) in [6, 6.07) is 18.5. The van der Waals surface area contributed by atoms with E-state index in [0.29, 0.717) is 12.0 Å². The largest absolute Gasteiger partial charge is 0.396 e. The van der Waals surface area contributed by atoms with Crippen molar-refractivity contribution in [3.05, 3.63) is 70.8 Å². The maximum absolute atomic E-state index is 9.37. The van der Waals surface area contributed by atoms with E-state index in [0.717, 1.165) is 18.8 Å². The maximum Gasteiger partial charge on any atom is 0.146 e. The molecule has 2 aromatic carbocycles. The summed E-state index contributed by atoms with van der Waals surface area (Å²) in [6.07, 6.45) is 7.04. The van der Waals surface area contributed by atoms with Crippen molar-refractivity contribution in [1.82, 2.24) is 0 Å². The fourth-order valence-corrected chi connectivity index (χ4v) is 6.74. The molecule has 1 unspecified atom stereocenters. The van der Waals surface area contributed by atoms with Crippen molar-refractivity contribution in [2.75, 3.05) is 6.61 Å². The van der Waals surface area contributed by atoms with Crippen LogP contribution in [0.15, 0.2) is 48.5 Å². The van der Waals surface area contributed by atoms with E-state index in [1.54, 1.807) is 11.1 Å². The van der Waals surface area contributed by atoms with Gasteiger partial charge in [0.15, 0.2) is 0 Å². The van der Waals surface area contributed by atoms with Crippen LogP contribution in [0.4, 0.5) is 0 Å². The minimum Gasteiger partial charge on any atom is -0.396 e. The van der Waals surface area contributed by atoms with E-state index >= 15 is 0 Å². The fourth-order valence-electron chi connectivity index (χ4n) is 6.74. The lowest BCUT2D eigenvalue weighted by atomic mass is 9.76. The Morgan fingerprint density at radius 2 is 1.56 bits per heavy atom. The molecule has 2 heteroatoms. The lowest BCUT2D eigenvalue weighted by molar-refractivity contribution is -0.787. The Labute approximate surface area is 163 Å². The molecule has 0 radical (unpaired) electrons. The van der Waals surface area contributed by atoms with Crippen LogP contribution in [0, 0.1) is 5.92 Å². The molecule has 3 aliphatic rings. The SMILES string of the molecule is CC[C@@]12C[C@@H]1CC1(CCCCO)[NH2+][C@@](C)(c3ccccc31)c1ccccc12. The predicted octanol–water partition coefficient (Wildman–Crippen LogP) is 3.96. The summed E-state index contributed by atoms with van der Waals surface area (Å²) >= 11 is 0. The molecule has 0 saturated heterocycles. The minimum absolute atomic E-state index is 0.0118. The Morgan fingerprint density at radius 1 is 0.926 bits per heavy atom. The second-order valence-electron chi connectivity index (χ2n) is 9.39. The number of nitrogens with two attached hydrogens (primary N) is 1. The molecule has 2 aliphatic heterocycles. The Hall–Kier alpha value is -1.64. The van der Waals surface area contributed by atoms with Gasteiger partial charge in [-0.2, -0.15) is 0 Å². The predicted molar refractivity (Wildman–Crippen MR) is 109 cm³/mol. The van der Waals surface area contributed by atoms with Gasteiger partial charge >= 0.3 is 0 Å². The molecule has 27 heavy (non-hydrogen) atoms. The topological polar surface area (TPSA) is 36.8 Å². The van der Waals surface area contributed by atoms with E-state index in [2.05, 4.69) is 67.7 Å². The Kier molecular flexibility index (Phi) is 3.83. The Bertz CT molecular complexity index is 876. The minimum atomic E-state index is -0.0118. The van der Waals surface area contributed by atoms with Crippen LogP contribution in [0.25, 0.3) is 0 Å². The molecule has 2 aromatic rings. The van der Waals surface area contributed by atoms with Crippen LogP contribution < -0.4 is 5.32 Å². The number of hydrogen-bond donors (Lipinski definition) is 2. The van der Waals surface area contributed by atoms with Gasteiger partial charge in [-0.15, -0.1) is 0 Å². The van der Waals surface area contributed by atoms with Crippen LogP contribution in [-0.2, 0) is 16.5 Å². The molecule has 2 bridgehead atoms. The first-order chi connectivity index (χ1) is 13.1. The van der Waals surface area contributed by atoms with Crippen molar-refractivity contribution in [3.63, 3.8) is 0 Å². The monoisotopic (exact) mass is 362 g/mol. The van der Waals surface area contributed by atoms with Gasteiger partial charge in [0, 0.05) is 36.1 Å². The summed E-state index contributed by atoms with van der Waals surface area (Å²) in [4.78, 5) is 0. The highest BCUT2D eigenvalue weighted by atomic mass is 16.2. The highest BCUT2D eigenvalue weighted by Crippen LogP contribution is 2.64. The summed E-state index contributed by atoms with van der Waals surface area (Å²) in [6.45, 7) is 5.14. The van der Waals surface area contributed by atoms with Crippen molar-refractivity contribution in [3.8, 4) is 0 Å². The summed E-state index contributed by atoms with van der Waals surface area (Å²) in [7, 11) is 0. The molecule has 2 nitrogen and oxygen atoms in total. The van der Waals surface area contributed by atoms with Gasteiger partial charge in [-0.05, 0) is 49.5 Å². The zero-order valence-electron chi connectivity index (χ0n) is 16.7. The molecule has 0 amide bonds. The van der Waals surface area contributed by atoms with Crippen LogP contribution in [-0.4, -0.2) is 11.7 Å². The van der Waals surface area contributed by atoms with E-state index < -0.39 is 0 Å². The summed E-state index contributed by atoms with van der Waals surface area (Å²) in [5, 5.41) is 12.1. The van der Waals surface area contributed by atoms with Gasteiger partial charge in [0.2, 0.25) is 0 Å². The molecule has 1 saturated carbocycles. The van der Waals surface area contributed by atoms with Gasteiger partial charge in [-0.25, -0.2) is 0 Å². The summed E-state index contributed by atoms with van der Waals surface area (Å²) in [5.74, 6) is 0.782. The van der Waals surface area contributed by atoms with Crippen molar-refractivity contribution < 1.29 is 10.4 Å². The van der Waals surface area contributed by atoms with Crippen molar-refractivity contribution in [1.29, 1.82) is 0 Å². The molecule has 3 N–H and O–H groups in total. The number of aliphatic hydroxyl groups is 1. The Morgan fingerprint density at radius 3 is 2.22 bits per heavy atom. The van der Waals surface area contributed by atoms with Gasteiger partial charge in [0.05, 0.1) is 0 Å². The molecule has 1 aliphatic carbocycles. The highest BCUT2D eigenvalue weighted by molar-refractivity contribution is 5.53. The first-order valence-electron chi connectivity index (χ1n) is 10.8. The van der Waals surface area contributed by atoms with E-state index in [1.165, 1.54) is 36.8 Å². The molecule has 2 heterocycles. The third kappa shape index (κ3) is 2.26. The zero-order chi connectivity index (χ0) is 18.7. The first-order valence-corrected chi connectivity index (χ1v) is 10.8. The van der Waals surface area contributed by atoms with E-state index in [4.69, 9.17) is 0 Å². The third-order valence-corrected chi connectivity index (χ3v) is 8.12. The number of rotatable bonds is 5. The van der Waals surface area contributed by atoms with Gasteiger partial charge in [0.1, 0.15) is 11.1 Å². The quantitative estimate of drug-likeness (QED) is 0.776. The molecule has 1 fully saturated rings. The number of unbranched alkanes of at least 4 members (excludes halogenated alkanes) is 1. The van der Waals surface area contributed by atoms with Gasteiger partial charge in [0.25, 0.3) is 0 Å². The molecule has 0 spiro atoms. The third-order valence-electron chi connectivity index (χ3n) is 8.12. The maximum atomic E-state index is 9.37. The van der Waals surface area contributed by atoms with E-state index in [-0.39, 0.29) is 11.1 Å². The normalized spacial score (nSPS) is 35.6. The number of hydrogen-bond acceptors (Lipinski definition) is 1. The molecule has 4 atom stereocenters. The number of fused-ring (bicyclic) bond motifs is 9. The van der Waals surface area contributed by atoms with Gasteiger partial charge in [-0.3, -0.25) is 0 Å². The lowest BCUT2D eigenvalue weighted by Gasteiger charge is -2.37. The fraction of sp³-hybridized carbons (Fsp3) is 0.520. The summed E-state index contributed by atoms with van der Waals surface area (Å²) < 4.78 is 0. The average molecular weight is 363 g/mol. The van der Waals surface area contributed by atoms with Crippen molar-refractivity contribution in [2.45, 2.75) is 68.9 Å². The van der Waals surface area contributed by atoms with Crippen LogP contribution in [0.5, 0.6) is 0 Å². The Balaban J connectivity index is 1.73. The van der Waals surface area contributed by atoms with Crippen molar-refractivity contribution >= 4 is 0 Å². The average Bonchev–Trinajstić information content (AvgIpc) is 3.33. The number of benzene rings is 2. The standard InChI is InChI=1S/C25H31NO/c1-3-24-16-18(24)17-25(14-8-9-15-27)22-13-7-5-11-20(22)23(2,26-25)19-10-4-6-12-21(19)24/h4-7,10-13,18,26-27H,3,8-9,14-17H2,1-2H3/p+1/t18-,23-,24-,25?/m1/s1.